The Labute approximate surface area is 148 Å². The van der Waals surface area contributed by atoms with Gasteiger partial charge in [0.05, 0.1) is 7.11 Å². The van der Waals surface area contributed by atoms with E-state index in [2.05, 4.69) is 41.2 Å². The third kappa shape index (κ3) is 3.96. The quantitative estimate of drug-likeness (QED) is 0.795. The molecule has 0 amide bonds. The van der Waals surface area contributed by atoms with Crippen molar-refractivity contribution in [2.24, 2.45) is 0 Å². The highest BCUT2D eigenvalue weighted by Crippen LogP contribution is 2.41. The second-order valence-corrected chi connectivity index (χ2v) is 5.83. The highest BCUT2D eigenvalue weighted by molar-refractivity contribution is 5.55. The van der Waals surface area contributed by atoms with Crippen LogP contribution in [0.3, 0.4) is 0 Å². The second-order valence-electron chi connectivity index (χ2n) is 5.83. The molecule has 1 N–H and O–H groups in total. The number of ether oxygens (including phenoxy) is 3. The van der Waals surface area contributed by atoms with Gasteiger partial charge >= 0.3 is 0 Å². The number of nitrogens with one attached hydrogen (secondary N) is 1. The lowest BCUT2D eigenvalue weighted by molar-refractivity contribution is 0.171. The number of aromatic nitrogens is 1. The number of rotatable bonds is 8. The van der Waals surface area contributed by atoms with Crippen LogP contribution in [0.25, 0.3) is 0 Å². The van der Waals surface area contributed by atoms with E-state index in [1.165, 1.54) is 0 Å². The fourth-order valence-corrected chi connectivity index (χ4v) is 2.89. The van der Waals surface area contributed by atoms with Gasteiger partial charge in [0.1, 0.15) is 5.82 Å². The number of fused-ring (bicyclic) bond motifs is 1. The van der Waals surface area contributed by atoms with E-state index in [1.54, 1.807) is 7.11 Å². The number of hydrogen-bond donors (Lipinski definition) is 1. The normalized spacial score (nSPS) is 12.3. The first-order valence-electron chi connectivity index (χ1n) is 8.62. The van der Waals surface area contributed by atoms with E-state index in [-0.39, 0.29) is 6.79 Å². The highest BCUT2D eigenvalue weighted by atomic mass is 16.7. The number of anilines is 1. The Kier molecular flexibility index (Phi) is 5.60. The molecule has 25 heavy (non-hydrogen) atoms. The van der Waals surface area contributed by atoms with E-state index in [0.717, 1.165) is 42.3 Å². The molecule has 0 fully saturated rings. The van der Waals surface area contributed by atoms with Crippen LogP contribution in [0.15, 0.2) is 30.5 Å². The number of benzene rings is 1. The number of pyridine rings is 1. The summed E-state index contributed by atoms with van der Waals surface area (Å²) in [5, 5.41) is 3.43. The molecule has 0 aliphatic carbocycles. The van der Waals surface area contributed by atoms with Crippen LogP contribution in [0.2, 0.25) is 0 Å². The third-order valence-electron chi connectivity index (χ3n) is 4.27. The molecule has 0 radical (unpaired) electrons. The minimum Gasteiger partial charge on any atom is -0.493 e. The summed E-state index contributed by atoms with van der Waals surface area (Å²) in [7, 11) is 1.64. The highest BCUT2D eigenvalue weighted by Gasteiger charge is 2.19. The maximum absolute atomic E-state index is 5.46. The van der Waals surface area contributed by atoms with Crippen LogP contribution in [0.1, 0.15) is 25.0 Å². The number of methoxy groups -OCH3 is 1. The van der Waals surface area contributed by atoms with Gasteiger partial charge in [-0.1, -0.05) is 6.07 Å². The van der Waals surface area contributed by atoms with Crippen LogP contribution in [0.4, 0.5) is 5.82 Å². The molecule has 0 bridgehead atoms. The van der Waals surface area contributed by atoms with Crippen LogP contribution in [0, 0.1) is 0 Å². The Morgan fingerprint density at radius 3 is 2.60 bits per heavy atom. The Hall–Kier alpha value is -2.47. The molecule has 6 nitrogen and oxygen atoms in total. The first kappa shape index (κ1) is 17.4. The monoisotopic (exact) mass is 343 g/mol. The van der Waals surface area contributed by atoms with E-state index in [1.807, 2.05) is 18.3 Å². The molecule has 1 aromatic heterocycles. The largest absolute Gasteiger partial charge is 0.493 e. The lowest BCUT2D eigenvalue weighted by Crippen LogP contribution is -2.23. The van der Waals surface area contributed by atoms with Crippen molar-refractivity contribution in [3.05, 3.63) is 41.6 Å². The van der Waals surface area contributed by atoms with Crippen LogP contribution < -0.4 is 24.4 Å². The summed E-state index contributed by atoms with van der Waals surface area (Å²) < 4.78 is 16.2. The Morgan fingerprint density at radius 2 is 1.92 bits per heavy atom. The molecular weight excluding hydrogens is 318 g/mol. The van der Waals surface area contributed by atoms with Crippen molar-refractivity contribution in [3.63, 3.8) is 0 Å². The van der Waals surface area contributed by atoms with Crippen molar-refractivity contribution >= 4 is 5.82 Å². The van der Waals surface area contributed by atoms with Crippen molar-refractivity contribution in [1.82, 2.24) is 10.3 Å². The smallest absolute Gasteiger partial charge is 0.231 e. The minimum absolute atomic E-state index is 0.243. The molecule has 0 saturated heterocycles. The molecule has 6 heteroatoms. The maximum Gasteiger partial charge on any atom is 0.231 e. The fourth-order valence-electron chi connectivity index (χ4n) is 2.89. The SMILES string of the molecule is CCN(CC)c1ccc(CNCc2cc(OC)c3c(c2)OCO3)cn1. The summed E-state index contributed by atoms with van der Waals surface area (Å²) in [6.45, 7) is 7.92. The molecule has 0 saturated carbocycles. The van der Waals surface area contributed by atoms with Crippen molar-refractivity contribution in [3.8, 4) is 17.2 Å². The van der Waals surface area contributed by atoms with Crippen LogP contribution in [-0.4, -0.2) is 32.0 Å². The first-order chi connectivity index (χ1) is 12.2. The van der Waals surface area contributed by atoms with Gasteiger partial charge in [0.25, 0.3) is 0 Å². The van der Waals surface area contributed by atoms with E-state index >= 15 is 0 Å². The Balaban J connectivity index is 1.58. The summed E-state index contributed by atoms with van der Waals surface area (Å²) in [4.78, 5) is 6.78. The van der Waals surface area contributed by atoms with Gasteiger partial charge in [0.2, 0.25) is 12.5 Å². The van der Waals surface area contributed by atoms with Gasteiger partial charge in [-0.2, -0.15) is 0 Å². The van der Waals surface area contributed by atoms with Crippen molar-refractivity contribution < 1.29 is 14.2 Å². The van der Waals surface area contributed by atoms with Gasteiger partial charge in [-0.25, -0.2) is 4.98 Å². The number of nitrogens with zero attached hydrogens (tertiary/aromatic N) is 2. The van der Waals surface area contributed by atoms with E-state index in [9.17, 15) is 0 Å². The lowest BCUT2D eigenvalue weighted by Gasteiger charge is -2.19. The van der Waals surface area contributed by atoms with Gasteiger partial charge in [0.15, 0.2) is 11.5 Å². The van der Waals surface area contributed by atoms with Crippen molar-refractivity contribution in [1.29, 1.82) is 0 Å². The molecule has 0 unspecified atom stereocenters. The van der Waals surface area contributed by atoms with Gasteiger partial charge in [-0.05, 0) is 43.2 Å². The second kappa shape index (κ2) is 8.07. The zero-order valence-electron chi connectivity index (χ0n) is 15.0. The Morgan fingerprint density at radius 1 is 1.12 bits per heavy atom. The van der Waals surface area contributed by atoms with Gasteiger partial charge in [0, 0.05) is 32.4 Å². The first-order valence-corrected chi connectivity index (χ1v) is 8.62. The van der Waals surface area contributed by atoms with Gasteiger partial charge in [-0.3, -0.25) is 0 Å². The average Bonchev–Trinajstić information content (AvgIpc) is 3.12. The lowest BCUT2D eigenvalue weighted by atomic mass is 10.1. The molecule has 1 aromatic carbocycles. The molecular formula is C19H25N3O3. The standard InChI is InChI=1S/C19H25N3O3/c1-4-22(5-2)18-7-6-14(12-21-18)10-20-11-15-8-16(23-3)19-17(9-15)24-13-25-19/h6-9,12,20H,4-5,10-11,13H2,1-3H3. The molecule has 0 spiro atoms. The minimum atomic E-state index is 0.243. The number of hydrogen-bond acceptors (Lipinski definition) is 6. The van der Waals surface area contributed by atoms with E-state index < -0.39 is 0 Å². The van der Waals surface area contributed by atoms with Gasteiger partial charge in [-0.15, -0.1) is 0 Å². The van der Waals surface area contributed by atoms with Crippen molar-refractivity contribution in [2.75, 3.05) is 31.9 Å². The van der Waals surface area contributed by atoms with Crippen LogP contribution >= 0.6 is 0 Å². The summed E-state index contributed by atoms with van der Waals surface area (Å²) in [5.74, 6) is 3.15. The molecule has 0 atom stereocenters. The van der Waals surface area contributed by atoms with E-state index in [4.69, 9.17) is 14.2 Å². The Bertz CT molecular complexity index is 700. The van der Waals surface area contributed by atoms with Crippen molar-refractivity contribution in [2.45, 2.75) is 26.9 Å². The zero-order chi connectivity index (χ0) is 17.6. The van der Waals surface area contributed by atoms with E-state index in [0.29, 0.717) is 18.0 Å². The summed E-state index contributed by atoms with van der Waals surface area (Å²) in [6, 6.07) is 8.16. The predicted molar refractivity (Wildman–Crippen MR) is 97.5 cm³/mol. The van der Waals surface area contributed by atoms with Gasteiger partial charge < -0.3 is 24.4 Å². The summed E-state index contributed by atoms with van der Waals surface area (Å²) >= 11 is 0. The average molecular weight is 343 g/mol. The third-order valence-corrected chi connectivity index (χ3v) is 4.27. The zero-order valence-corrected chi connectivity index (χ0v) is 15.0. The molecule has 3 rings (SSSR count). The summed E-state index contributed by atoms with van der Waals surface area (Å²) in [6.07, 6.45) is 1.93. The van der Waals surface area contributed by atoms with Crippen LogP contribution in [-0.2, 0) is 13.1 Å². The maximum atomic E-state index is 5.46. The summed E-state index contributed by atoms with van der Waals surface area (Å²) in [5.41, 5.74) is 2.25. The molecule has 2 aromatic rings. The fraction of sp³-hybridized carbons (Fsp3) is 0.421. The molecule has 2 heterocycles. The molecule has 134 valence electrons. The molecule has 1 aliphatic heterocycles. The predicted octanol–water partition coefficient (Wildman–Crippen LogP) is 2.95. The molecule has 1 aliphatic rings. The van der Waals surface area contributed by atoms with Crippen LogP contribution in [0.5, 0.6) is 17.2 Å². The topological polar surface area (TPSA) is 55.9 Å².